The number of rotatable bonds is 4. The Labute approximate surface area is 98.8 Å². The lowest BCUT2D eigenvalue weighted by atomic mass is 10.5. The van der Waals surface area contributed by atoms with E-state index in [0.717, 1.165) is 49.0 Å². The summed E-state index contributed by atoms with van der Waals surface area (Å²) in [4.78, 5) is 2.25. The molecule has 1 N–H and O–H groups in total. The third-order valence-electron chi connectivity index (χ3n) is 2.86. The molecule has 0 aromatic carbocycles. The molecule has 2 fully saturated rings. The SMILES string of the molecule is C1CN(c2nnc(CNC3CC3)s2)CCO1. The van der Waals surface area contributed by atoms with Gasteiger partial charge in [0.05, 0.1) is 19.8 Å². The van der Waals surface area contributed by atoms with E-state index < -0.39 is 0 Å². The summed E-state index contributed by atoms with van der Waals surface area (Å²) in [6.45, 7) is 4.34. The quantitative estimate of drug-likeness (QED) is 0.836. The van der Waals surface area contributed by atoms with E-state index in [9.17, 15) is 0 Å². The lowest BCUT2D eigenvalue weighted by molar-refractivity contribution is 0.122. The first-order valence-corrected chi connectivity index (χ1v) is 6.62. The van der Waals surface area contributed by atoms with Crippen molar-refractivity contribution in [3.8, 4) is 0 Å². The molecule has 1 aliphatic heterocycles. The van der Waals surface area contributed by atoms with Crippen LogP contribution in [0, 0.1) is 0 Å². The molecular formula is C10H16N4OS. The van der Waals surface area contributed by atoms with E-state index >= 15 is 0 Å². The van der Waals surface area contributed by atoms with Crippen molar-refractivity contribution in [2.45, 2.75) is 25.4 Å². The van der Waals surface area contributed by atoms with Gasteiger partial charge in [-0.1, -0.05) is 11.3 Å². The highest BCUT2D eigenvalue weighted by atomic mass is 32.1. The van der Waals surface area contributed by atoms with E-state index in [2.05, 4.69) is 20.4 Å². The Kier molecular flexibility index (Phi) is 3.03. The number of anilines is 1. The van der Waals surface area contributed by atoms with Crippen LogP contribution in [-0.4, -0.2) is 42.5 Å². The molecule has 3 rings (SSSR count). The van der Waals surface area contributed by atoms with Crippen molar-refractivity contribution in [3.63, 3.8) is 0 Å². The largest absolute Gasteiger partial charge is 0.378 e. The Morgan fingerprint density at radius 1 is 1.31 bits per heavy atom. The van der Waals surface area contributed by atoms with Gasteiger partial charge in [0, 0.05) is 19.1 Å². The predicted molar refractivity (Wildman–Crippen MR) is 62.8 cm³/mol. The van der Waals surface area contributed by atoms with Gasteiger partial charge in [0.25, 0.3) is 0 Å². The average molecular weight is 240 g/mol. The lowest BCUT2D eigenvalue weighted by Gasteiger charge is -2.25. The maximum Gasteiger partial charge on any atom is 0.208 e. The van der Waals surface area contributed by atoms with E-state index in [0.29, 0.717) is 0 Å². The molecule has 0 atom stereocenters. The van der Waals surface area contributed by atoms with Crippen molar-refractivity contribution < 1.29 is 4.74 Å². The minimum Gasteiger partial charge on any atom is -0.378 e. The first-order valence-electron chi connectivity index (χ1n) is 5.80. The zero-order chi connectivity index (χ0) is 10.8. The zero-order valence-electron chi connectivity index (χ0n) is 9.19. The van der Waals surface area contributed by atoms with Crippen LogP contribution in [0.2, 0.25) is 0 Å². The van der Waals surface area contributed by atoms with Crippen LogP contribution in [0.4, 0.5) is 5.13 Å². The normalized spacial score (nSPS) is 21.4. The molecule has 0 amide bonds. The number of hydrogen-bond donors (Lipinski definition) is 1. The highest BCUT2D eigenvalue weighted by molar-refractivity contribution is 7.15. The fraction of sp³-hybridized carbons (Fsp3) is 0.800. The van der Waals surface area contributed by atoms with Crippen LogP contribution in [0.3, 0.4) is 0 Å². The van der Waals surface area contributed by atoms with Gasteiger partial charge in [0.2, 0.25) is 5.13 Å². The summed E-state index contributed by atoms with van der Waals surface area (Å²) in [6.07, 6.45) is 2.63. The van der Waals surface area contributed by atoms with E-state index in [4.69, 9.17) is 4.74 Å². The van der Waals surface area contributed by atoms with Crippen LogP contribution in [0.25, 0.3) is 0 Å². The van der Waals surface area contributed by atoms with Gasteiger partial charge in [-0.15, -0.1) is 10.2 Å². The van der Waals surface area contributed by atoms with Crippen LogP contribution < -0.4 is 10.2 Å². The number of morpholine rings is 1. The molecule has 6 heteroatoms. The fourth-order valence-electron chi connectivity index (χ4n) is 1.72. The monoisotopic (exact) mass is 240 g/mol. The smallest absolute Gasteiger partial charge is 0.208 e. The molecule has 1 saturated carbocycles. The van der Waals surface area contributed by atoms with Crippen molar-refractivity contribution in [2.75, 3.05) is 31.2 Å². The highest BCUT2D eigenvalue weighted by Gasteiger charge is 2.21. The topological polar surface area (TPSA) is 50.3 Å². The van der Waals surface area contributed by atoms with Crippen molar-refractivity contribution >= 4 is 16.5 Å². The maximum absolute atomic E-state index is 5.32. The first-order chi connectivity index (χ1) is 7.92. The number of aromatic nitrogens is 2. The molecular weight excluding hydrogens is 224 g/mol. The molecule has 0 bridgehead atoms. The number of hydrogen-bond acceptors (Lipinski definition) is 6. The van der Waals surface area contributed by atoms with Gasteiger partial charge in [-0.25, -0.2) is 0 Å². The molecule has 16 heavy (non-hydrogen) atoms. The summed E-state index contributed by atoms with van der Waals surface area (Å²) in [6, 6.07) is 0.732. The van der Waals surface area contributed by atoms with Gasteiger partial charge in [-0.2, -0.15) is 0 Å². The molecule has 2 aliphatic rings. The first kappa shape index (κ1) is 10.4. The second-order valence-electron chi connectivity index (χ2n) is 4.23. The Bertz CT molecular complexity index is 346. The average Bonchev–Trinajstić information content (AvgIpc) is 3.05. The van der Waals surface area contributed by atoms with Crippen molar-refractivity contribution in [3.05, 3.63) is 5.01 Å². The Hall–Kier alpha value is -0.720. The van der Waals surface area contributed by atoms with E-state index in [1.807, 2.05) is 0 Å². The Morgan fingerprint density at radius 2 is 2.12 bits per heavy atom. The summed E-state index contributed by atoms with van der Waals surface area (Å²) in [5.41, 5.74) is 0. The molecule has 1 saturated heterocycles. The third kappa shape index (κ3) is 2.50. The lowest BCUT2D eigenvalue weighted by Crippen LogP contribution is -2.36. The van der Waals surface area contributed by atoms with Crippen LogP contribution in [0.5, 0.6) is 0 Å². The van der Waals surface area contributed by atoms with Gasteiger partial charge >= 0.3 is 0 Å². The van der Waals surface area contributed by atoms with Crippen molar-refractivity contribution in [2.24, 2.45) is 0 Å². The predicted octanol–water partition coefficient (Wildman–Crippen LogP) is 0.627. The second-order valence-corrected chi connectivity index (χ2v) is 5.27. The maximum atomic E-state index is 5.32. The van der Waals surface area contributed by atoms with Crippen LogP contribution in [-0.2, 0) is 11.3 Å². The summed E-state index contributed by atoms with van der Waals surface area (Å²) in [5, 5.41) is 14.0. The van der Waals surface area contributed by atoms with Gasteiger partial charge < -0.3 is 15.0 Å². The van der Waals surface area contributed by atoms with E-state index in [-0.39, 0.29) is 0 Å². The van der Waals surface area contributed by atoms with Crippen molar-refractivity contribution in [1.29, 1.82) is 0 Å². The highest BCUT2D eigenvalue weighted by Crippen LogP contribution is 2.23. The van der Waals surface area contributed by atoms with Crippen LogP contribution in [0.1, 0.15) is 17.8 Å². The zero-order valence-corrected chi connectivity index (χ0v) is 10.0. The fourth-order valence-corrected chi connectivity index (χ4v) is 2.56. The summed E-state index contributed by atoms with van der Waals surface area (Å²) >= 11 is 1.69. The Morgan fingerprint density at radius 3 is 2.88 bits per heavy atom. The van der Waals surface area contributed by atoms with Gasteiger partial charge in [-0.05, 0) is 12.8 Å². The molecule has 88 valence electrons. The molecule has 0 radical (unpaired) electrons. The second kappa shape index (κ2) is 4.65. The molecule has 5 nitrogen and oxygen atoms in total. The minimum atomic E-state index is 0.732. The Balaban J connectivity index is 1.57. The van der Waals surface area contributed by atoms with E-state index in [1.165, 1.54) is 12.8 Å². The summed E-state index contributed by atoms with van der Waals surface area (Å²) in [5.74, 6) is 0. The van der Waals surface area contributed by atoms with Crippen molar-refractivity contribution in [1.82, 2.24) is 15.5 Å². The summed E-state index contributed by atoms with van der Waals surface area (Å²) in [7, 11) is 0. The number of nitrogens with zero attached hydrogens (tertiary/aromatic N) is 3. The van der Waals surface area contributed by atoms with Gasteiger partial charge in [0.15, 0.2) is 0 Å². The van der Waals surface area contributed by atoms with Gasteiger partial charge in [0.1, 0.15) is 5.01 Å². The van der Waals surface area contributed by atoms with Gasteiger partial charge in [-0.3, -0.25) is 0 Å². The molecule has 2 heterocycles. The molecule has 0 spiro atoms. The molecule has 1 aromatic rings. The van der Waals surface area contributed by atoms with Crippen LogP contribution in [0.15, 0.2) is 0 Å². The third-order valence-corrected chi connectivity index (χ3v) is 3.84. The van der Waals surface area contributed by atoms with E-state index in [1.54, 1.807) is 11.3 Å². The minimum absolute atomic E-state index is 0.732. The number of nitrogens with one attached hydrogen (secondary N) is 1. The molecule has 1 aromatic heterocycles. The standard InChI is InChI=1S/C10H16N4OS/c1-2-8(1)11-7-9-12-13-10(16-9)14-3-5-15-6-4-14/h8,11H,1-7H2. The molecule has 1 aliphatic carbocycles. The summed E-state index contributed by atoms with van der Waals surface area (Å²) < 4.78 is 5.32. The van der Waals surface area contributed by atoms with Crippen LogP contribution >= 0.6 is 11.3 Å². The molecule has 0 unspecified atom stereocenters. The number of ether oxygens (including phenoxy) is 1.